The Hall–Kier alpha value is -4.89. The molecule has 1 saturated heterocycles. The summed E-state index contributed by atoms with van der Waals surface area (Å²) in [4.78, 5) is 41.1. The molecule has 3 aromatic rings. The van der Waals surface area contributed by atoms with Gasteiger partial charge in [0.15, 0.2) is 0 Å². The maximum Gasteiger partial charge on any atom is 0.414 e. The van der Waals surface area contributed by atoms with Crippen molar-refractivity contribution in [3.05, 3.63) is 66.3 Å². The van der Waals surface area contributed by atoms with Gasteiger partial charge in [-0.3, -0.25) is 9.80 Å². The Bertz CT molecular complexity index is 1230. The van der Waals surface area contributed by atoms with Crippen LogP contribution in [0, 0.1) is 5.82 Å². The van der Waals surface area contributed by atoms with Crippen molar-refractivity contribution in [2.24, 2.45) is 0 Å². The van der Waals surface area contributed by atoms with E-state index in [4.69, 9.17) is 48.8 Å². The molecule has 0 aliphatic carbocycles. The van der Waals surface area contributed by atoms with Crippen LogP contribution in [0.4, 0.5) is 4.39 Å². The highest BCUT2D eigenvalue weighted by Gasteiger charge is 2.25. The van der Waals surface area contributed by atoms with E-state index in [2.05, 4.69) is 26.9 Å². The van der Waals surface area contributed by atoms with E-state index in [0.717, 1.165) is 44.0 Å². The molecule has 14 nitrogen and oxygen atoms in total. The molecule has 1 fully saturated rings. The molecule has 1 aromatic heterocycles. The summed E-state index contributed by atoms with van der Waals surface area (Å²) in [5.41, 5.74) is 0.723. The number of halogens is 1. The highest BCUT2D eigenvalue weighted by molar-refractivity contribution is 6.27. The number of nitrogens with zero attached hydrogens (tertiary/aromatic N) is 4. The van der Waals surface area contributed by atoms with Crippen molar-refractivity contribution in [2.75, 3.05) is 39.3 Å². The van der Waals surface area contributed by atoms with Crippen LogP contribution < -0.4 is 4.74 Å². The Morgan fingerprint density at radius 2 is 1.39 bits per heavy atom. The van der Waals surface area contributed by atoms with Crippen molar-refractivity contribution >= 4 is 23.9 Å². The van der Waals surface area contributed by atoms with Gasteiger partial charge in [0.25, 0.3) is 0 Å². The summed E-state index contributed by atoms with van der Waals surface area (Å²) < 4.78 is 24.7. The van der Waals surface area contributed by atoms with Crippen LogP contribution in [-0.4, -0.2) is 104 Å². The maximum absolute atomic E-state index is 13.1. The van der Waals surface area contributed by atoms with Crippen molar-refractivity contribution < 1.29 is 53.1 Å². The number of aromatic nitrogens is 2. The number of ether oxygens (including phenoxy) is 1. The lowest BCUT2D eigenvalue weighted by atomic mass is 10.2. The third-order valence-corrected chi connectivity index (χ3v) is 5.63. The summed E-state index contributed by atoms with van der Waals surface area (Å²) in [7, 11) is 0. The van der Waals surface area contributed by atoms with Gasteiger partial charge >= 0.3 is 23.9 Å². The molecule has 4 rings (SSSR count). The van der Waals surface area contributed by atoms with Gasteiger partial charge in [0.1, 0.15) is 18.2 Å². The minimum absolute atomic E-state index is 0.0411. The Labute approximate surface area is 233 Å². The Morgan fingerprint density at radius 1 is 0.854 bits per heavy atom. The number of benzene rings is 2. The maximum atomic E-state index is 13.1. The first-order chi connectivity index (χ1) is 19.5. The van der Waals surface area contributed by atoms with Crippen LogP contribution in [0.1, 0.15) is 18.9 Å². The van der Waals surface area contributed by atoms with E-state index in [9.17, 15) is 4.39 Å². The molecule has 0 bridgehead atoms. The summed E-state index contributed by atoms with van der Waals surface area (Å²) in [6.45, 7) is 7.48. The number of carboxylic acid groups (broad SMARTS) is 4. The lowest BCUT2D eigenvalue weighted by Gasteiger charge is -2.36. The molecular weight excluding hydrogens is 547 g/mol. The fraction of sp³-hybridized carbons (Fsp3) is 0.308. The average molecular weight is 577 g/mol. The summed E-state index contributed by atoms with van der Waals surface area (Å²) in [5.74, 6) is -5.66. The predicted molar refractivity (Wildman–Crippen MR) is 139 cm³/mol. The zero-order valence-corrected chi connectivity index (χ0v) is 21.9. The Morgan fingerprint density at radius 3 is 1.90 bits per heavy atom. The number of para-hydroxylation sites is 1. The second-order valence-corrected chi connectivity index (χ2v) is 8.39. The predicted octanol–water partition coefficient (Wildman–Crippen LogP) is 1.94. The normalized spacial score (nSPS) is 13.9. The van der Waals surface area contributed by atoms with Crippen molar-refractivity contribution in [2.45, 2.75) is 13.0 Å². The molecule has 1 unspecified atom stereocenters. The van der Waals surface area contributed by atoms with E-state index >= 15 is 0 Å². The highest BCUT2D eigenvalue weighted by Crippen LogP contribution is 2.25. The standard InChI is InChI=1S/C22H25FN4O2.2C2H2O4/c1-17(21-24-25-22(29-21)18-7-9-19(23)10-8-18)27-13-11-26(12-14-27)15-16-28-20-5-3-2-4-6-20;2*3-1(4)2(5)6/h2-10,17H,11-16H2,1H3;2*(H,3,4)(H,5,6). The average Bonchev–Trinajstić information content (AvgIpc) is 3.45. The minimum atomic E-state index is -1.82. The zero-order chi connectivity index (χ0) is 30.4. The summed E-state index contributed by atoms with van der Waals surface area (Å²) in [6.07, 6.45) is 0. The van der Waals surface area contributed by atoms with E-state index < -0.39 is 23.9 Å². The molecular formula is C26H29FN4O10. The molecule has 4 N–H and O–H groups in total. The summed E-state index contributed by atoms with van der Waals surface area (Å²) in [6, 6.07) is 16.0. The van der Waals surface area contributed by atoms with Gasteiger partial charge in [-0.15, -0.1) is 10.2 Å². The molecule has 1 aliphatic rings. The van der Waals surface area contributed by atoms with Gasteiger partial charge in [-0.2, -0.15) is 0 Å². The van der Waals surface area contributed by atoms with Gasteiger partial charge < -0.3 is 29.6 Å². The number of hydrogen-bond acceptors (Lipinski definition) is 10. The largest absolute Gasteiger partial charge is 0.492 e. The number of aliphatic carboxylic acids is 4. The van der Waals surface area contributed by atoms with E-state index in [1.165, 1.54) is 12.1 Å². The van der Waals surface area contributed by atoms with Gasteiger partial charge in [0, 0.05) is 38.3 Å². The van der Waals surface area contributed by atoms with Gasteiger partial charge in [-0.1, -0.05) is 18.2 Å². The number of carbonyl (C=O) groups is 4. The number of rotatable bonds is 7. The third kappa shape index (κ3) is 11.4. The van der Waals surface area contributed by atoms with Crippen molar-refractivity contribution in [1.29, 1.82) is 0 Å². The van der Waals surface area contributed by atoms with Crippen molar-refractivity contribution in [3.63, 3.8) is 0 Å². The van der Waals surface area contributed by atoms with Gasteiger partial charge in [-0.25, -0.2) is 23.6 Å². The molecule has 41 heavy (non-hydrogen) atoms. The first kappa shape index (κ1) is 32.3. The molecule has 0 amide bonds. The first-order valence-corrected chi connectivity index (χ1v) is 12.1. The quantitative estimate of drug-likeness (QED) is 0.297. The second kappa shape index (κ2) is 16.3. The van der Waals surface area contributed by atoms with Crippen LogP contribution in [0.15, 0.2) is 59.0 Å². The molecule has 15 heteroatoms. The van der Waals surface area contributed by atoms with E-state index in [-0.39, 0.29) is 11.9 Å². The van der Waals surface area contributed by atoms with Crippen LogP contribution in [-0.2, 0) is 19.2 Å². The number of carboxylic acids is 4. The number of hydrogen-bond donors (Lipinski definition) is 4. The molecule has 1 aliphatic heterocycles. The van der Waals surface area contributed by atoms with Crippen LogP contribution in [0.3, 0.4) is 0 Å². The molecule has 0 radical (unpaired) electrons. The van der Waals surface area contributed by atoms with Crippen LogP contribution in [0.5, 0.6) is 5.75 Å². The lowest BCUT2D eigenvalue weighted by Crippen LogP contribution is -2.48. The molecule has 220 valence electrons. The fourth-order valence-electron chi connectivity index (χ4n) is 3.45. The first-order valence-electron chi connectivity index (χ1n) is 12.1. The van der Waals surface area contributed by atoms with E-state index in [1.807, 2.05) is 30.3 Å². The monoisotopic (exact) mass is 576 g/mol. The van der Waals surface area contributed by atoms with Gasteiger partial charge in [-0.05, 0) is 43.3 Å². The molecule has 0 spiro atoms. The van der Waals surface area contributed by atoms with Gasteiger partial charge in [0.2, 0.25) is 11.8 Å². The number of piperazine rings is 1. The highest BCUT2D eigenvalue weighted by atomic mass is 19.1. The smallest absolute Gasteiger partial charge is 0.414 e. The minimum Gasteiger partial charge on any atom is -0.492 e. The molecule has 1 atom stereocenters. The van der Waals surface area contributed by atoms with E-state index in [1.54, 1.807) is 12.1 Å². The second-order valence-electron chi connectivity index (χ2n) is 8.39. The Balaban J connectivity index is 0.000000413. The topological polar surface area (TPSA) is 204 Å². The van der Waals surface area contributed by atoms with Crippen LogP contribution in [0.25, 0.3) is 11.5 Å². The fourth-order valence-corrected chi connectivity index (χ4v) is 3.45. The van der Waals surface area contributed by atoms with Gasteiger partial charge in [0.05, 0.1) is 6.04 Å². The SMILES string of the molecule is CC(c1nnc(-c2ccc(F)cc2)o1)N1CCN(CCOc2ccccc2)CC1.O=C(O)C(=O)O.O=C(O)C(=O)O. The molecule has 2 heterocycles. The van der Waals surface area contributed by atoms with Crippen molar-refractivity contribution in [3.8, 4) is 17.2 Å². The lowest BCUT2D eigenvalue weighted by molar-refractivity contribution is -0.159. The molecule has 0 saturated carbocycles. The van der Waals surface area contributed by atoms with Crippen molar-refractivity contribution in [1.82, 2.24) is 20.0 Å². The van der Waals surface area contributed by atoms with E-state index in [0.29, 0.717) is 18.4 Å². The van der Waals surface area contributed by atoms with Crippen LogP contribution >= 0.6 is 0 Å². The third-order valence-electron chi connectivity index (χ3n) is 5.63. The zero-order valence-electron chi connectivity index (χ0n) is 21.9. The summed E-state index contributed by atoms with van der Waals surface area (Å²) in [5, 5.41) is 37.9. The Kier molecular flexibility index (Phi) is 12.8. The molecule has 2 aromatic carbocycles. The van der Waals surface area contributed by atoms with Crippen LogP contribution in [0.2, 0.25) is 0 Å². The summed E-state index contributed by atoms with van der Waals surface area (Å²) >= 11 is 0.